The lowest BCUT2D eigenvalue weighted by Gasteiger charge is -2.31. The maximum atomic E-state index is 5.84. The van der Waals surface area contributed by atoms with Crippen molar-refractivity contribution < 1.29 is 9.47 Å². The van der Waals surface area contributed by atoms with Gasteiger partial charge in [0.05, 0.1) is 25.9 Å². The van der Waals surface area contributed by atoms with Crippen LogP contribution in [0.4, 0.5) is 0 Å². The van der Waals surface area contributed by atoms with Gasteiger partial charge in [0, 0.05) is 0 Å². The summed E-state index contributed by atoms with van der Waals surface area (Å²) >= 11 is 0. The van der Waals surface area contributed by atoms with Gasteiger partial charge in [-0.15, -0.1) is 0 Å². The first kappa shape index (κ1) is 15.0. The van der Waals surface area contributed by atoms with Crippen molar-refractivity contribution >= 4 is 0 Å². The monoisotopic (exact) mass is 289 g/mol. The van der Waals surface area contributed by atoms with Gasteiger partial charge < -0.3 is 14.8 Å². The van der Waals surface area contributed by atoms with E-state index < -0.39 is 0 Å². The number of likely N-dealkylation sites (N-methyl/N-ethyl adjacent to an activating group) is 1. The second kappa shape index (κ2) is 7.39. The molecule has 0 spiro atoms. The standard InChI is InChI=1S/C18H27NO2/c1-19-18(17-13-20-11-12-21-17)16-9-7-15(8-10-16)14-5-3-2-4-6-14/h7-10,14,17-19H,2-6,11-13H2,1H3. The van der Waals surface area contributed by atoms with Gasteiger partial charge in [0.1, 0.15) is 6.10 Å². The third-order valence-electron chi connectivity index (χ3n) is 4.90. The average Bonchev–Trinajstić information content (AvgIpc) is 2.58. The second-order valence-electron chi connectivity index (χ2n) is 6.25. The minimum atomic E-state index is 0.115. The summed E-state index contributed by atoms with van der Waals surface area (Å²) in [6.45, 7) is 2.09. The molecule has 0 aromatic heterocycles. The number of ether oxygens (including phenoxy) is 2. The van der Waals surface area contributed by atoms with Crippen LogP contribution in [0.5, 0.6) is 0 Å². The molecule has 1 aliphatic carbocycles. The fourth-order valence-electron chi connectivity index (χ4n) is 3.68. The SMILES string of the molecule is CNC(c1ccc(C2CCCCC2)cc1)C1COCCO1. The number of hydrogen-bond acceptors (Lipinski definition) is 3. The van der Waals surface area contributed by atoms with E-state index >= 15 is 0 Å². The normalized spacial score (nSPS) is 25.7. The molecule has 3 rings (SSSR count). The van der Waals surface area contributed by atoms with Crippen LogP contribution in [-0.4, -0.2) is 33.0 Å². The molecule has 1 N–H and O–H groups in total. The quantitative estimate of drug-likeness (QED) is 0.921. The largest absolute Gasteiger partial charge is 0.376 e. The molecule has 0 radical (unpaired) electrons. The Hall–Kier alpha value is -0.900. The molecular weight excluding hydrogens is 262 g/mol. The minimum absolute atomic E-state index is 0.115. The van der Waals surface area contributed by atoms with Gasteiger partial charge in [0.25, 0.3) is 0 Å². The molecule has 1 aromatic carbocycles. The van der Waals surface area contributed by atoms with E-state index in [-0.39, 0.29) is 12.1 Å². The van der Waals surface area contributed by atoms with E-state index in [1.807, 2.05) is 7.05 Å². The fourth-order valence-corrected chi connectivity index (χ4v) is 3.68. The Balaban J connectivity index is 1.69. The molecule has 1 heterocycles. The molecule has 2 fully saturated rings. The van der Waals surface area contributed by atoms with E-state index in [0.29, 0.717) is 19.8 Å². The molecular formula is C18H27NO2. The van der Waals surface area contributed by atoms with Crippen molar-refractivity contribution in [3.63, 3.8) is 0 Å². The smallest absolute Gasteiger partial charge is 0.100 e. The number of benzene rings is 1. The van der Waals surface area contributed by atoms with Gasteiger partial charge in [-0.25, -0.2) is 0 Å². The highest BCUT2D eigenvalue weighted by Crippen LogP contribution is 2.33. The van der Waals surface area contributed by atoms with Gasteiger partial charge in [0.15, 0.2) is 0 Å². The van der Waals surface area contributed by atoms with Crippen LogP contribution in [0.2, 0.25) is 0 Å². The van der Waals surface area contributed by atoms with Crippen molar-refractivity contribution in [1.82, 2.24) is 5.32 Å². The molecule has 21 heavy (non-hydrogen) atoms. The molecule has 1 saturated heterocycles. The topological polar surface area (TPSA) is 30.5 Å². The summed E-state index contributed by atoms with van der Waals surface area (Å²) in [5, 5.41) is 3.38. The average molecular weight is 289 g/mol. The maximum absolute atomic E-state index is 5.84. The maximum Gasteiger partial charge on any atom is 0.100 e. The van der Waals surface area contributed by atoms with Crippen LogP contribution >= 0.6 is 0 Å². The summed E-state index contributed by atoms with van der Waals surface area (Å²) in [6, 6.07) is 9.39. The molecule has 2 unspecified atom stereocenters. The lowest BCUT2D eigenvalue weighted by atomic mass is 9.83. The van der Waals surface area contributed by atoms with Crippen molar-refractivity contribution in [3.05, 3.63) is 35.4 Å². The Bertz CT molecular complexity index is 419. The zero-order valence-electron chi connectivity index (χ0n) is 13.0. The zero-order valence-corrected chi connectivity index (χ0v) is 13.0. The molecule has 2 atom stereocenters. The Morgan fingerprint density at radius 1 is 1.05 bits per heavy atom. The van der Waals surface area contributed by atoms with Gasteiger partial charge in [-0.3, -0.25) is 0 Å². The van der Waals surface area contributed by atoms with Crippen LogP contribution in [0.25, 0.3) is 0 Å². The summed E-state index contributed by atoms with van der Waals surface area (Å²) < 4.78 is 11.4. The van der Waals surface area contributed by atoms with E-state index in [2.05, 4.69) is 29.6 Å². The number of rotatable bonds is 4. The van der Waals surface area contributed by atoms with Crippen LogP contribution < -0.4 is 5.32 Å². The molecule has 116 valence electrons. The van der Waals surface area contributed by atoms with Gasteiger partial charge in [0.2, 0.25) is 0 Å². The highest BCUT2D eigenvalue weighted by Gasteiger charge is 2.25. The highest BCUT2D eigenvalue weighted by molar-refractivity contribution is 5.28. The van der Waals surface area contributed by atoms with E-state index in [1.165, 1.54) is 43.2 Å². The highest BCUT2D eigenvalue weighted by atomic mass is 16.6. The Labute approximate surface area is 128 Å². The van der Waals surface area contributed by atoms with Gasteiger partial charge in [-0.2, -0.15) is 0 Å². The Kier molecular flexibility index (Phi) is 5.28. The van der Waals surface area contributed by atoms with Crippen molar-refractivity contribution in [2.24, 2.45) is 0 Å². The van der Waals surface area contributed by atoms with Crippen LogP contribution in [0.3, 0.4) is 0 Å². The summed E-state index contributed by atoms with van der Waals surface area (Å²) in [5.74, 6) is 0.773. The van der Waals surface area contributed by atoms with E-state index in [1.54, 1.807) is 0 Å². The predicted molar refractivity (Wildman–Crippen MR) is 84.6 cm³/mol. The zero-order chi connectivity index (χ0) is 14.5. The van der Waals surface area contributed by atoms with Crippen molar-refractivity contribution in [2.45, 2.75) is 50.2 Å². The van der Waals surface area contributed by atoms with Crippen LogP contribution in [0.15, 0.2) is 24.3 Å². The third-order valence-corrected chi connectivity index (χ3v) is 4.90. The van der Waals surface area contributed by atoms with Crippen molar-refractivity contribution in [2.75, 3.05) is 26.9 Å². The minimum Gasteiger partial charge on any atom is -0.376 e. The Morgan fingerprint density at radius 2 is 1.81 bits per heavy atom. The molecule has 0 amide bonds. The first-order valence-corrected chi connectivity index (χ1v) is 8.35. The summed E-state index contributed by atoms with van der Waals surface area (Å²) in [4.78, 5) is 0. The molecule has 3 heteroatoms. The van der Waals surface area contributed by atoms with Crippen LogP contribution in [0.1, 0.15) is 55.2 Å². The van der Waals surface area contributed by atoms with Crippen molar-refractivity contribution in [1.29, 1.82) is 0 Å². The van der Waals surface area contributed by atoms with Gasteiger partial charge in [-0.05, 0) is 36.9 Å². The van der Waals surface area contributed by atoms with E-state index in [0.717, 1.165) is 5.92 Å². The lowest BCUT2D eigenvalue weighted by Crippen LogP contribution is -2.39. The van der Waals surface area contributed by atoms with Crippen LogP contribution in [0, 0.1) is 0 Å². The second-order valence-corrected chi connectivity index (χ2v) is 6.25. The number of nitrogens with one attached hydrogen (secondary N) is 1. The third kappa shape index (κ3) is 3.65. The molecule has 2 aliphatic rings. The molecule has 0 bridgehead atoms. The van der Waals surface area contributed by atoms with E-state index in [9.17, 15) is 0 Å². The van der Waals surface area contributed by atoms with Crippen molar-refractivity contribution in [3.8, 4) is 0 Å². The van der Waals surface area contributed by atoms with Gasteiger partial charge >= 0.3 is 0 Å². The number of hydrogen-bond donors (Lipinski definition) is 1. The van der Waals surface area contributed by atoms with Gasteiger partial charge in [-0.1, -0.05) is 43.5 Å². The summed E-state index contributed by atoms with van der Waals surface area (Å²) in [6.07, 6.45) is 7.01. The molecule has 3 nitrogen and oxygen atoms in total. The van der Waals surface area contributed by atoms with Crippen LogP contribution in [-0.2, 0) is 9.47 Å². The molecule has 1 saturated carbocycles. The Morgan fingerprint density at radius 3 is 2.43 bits per heavy atom. The first-order chi connectivity index (χ1) is 10.4. The summed E-state index contributed by atoms with van der Waals surface area (Å²) in [5.41, 5.74) is 2.81. The molecule has 1 aromatic rings. The fraction of sp³-hybridized carbons (Fsp3) is 0.667. The predicted octanol–water partition coefficient (Wildman–Crippen LogP) is 3.41. The van der Waals surface area contributed by atoms with E-state index in [4.69, 9.17) is 9.47 Å². The molecule has 1 aliphatic heterocycles. The summed E-state index contributed by atoms with van der Waals surface area (Å²) in [7, 11) is 2.00. The first-order valence-electron chi connectivity index (χ1n) is 8.35. The lowest BCUT2D eigenvalue weighted by molar-refractivity contribution is -0.101.